The van der Waals surface area contributed by atoms with Gasteiger partial charge in [0.2, 0.25) is 5.91 Å². The number of allylic oxidation sites excluding steroid dienone is 3. The first-order valence-corrected chi connectivity index (χ1v) is 6.18. The molecule has 1 heterocycles. The van der Waals surface area contributed by atoms with E-state index < -0.39 is 0 Å². The zero-order valence-corrected chi connectivity index (χ0v) is 11.5. The minimum Gasteiger partial charge on any atom is -0.491 e. The van der Waals surface area contributed by atoms with E-state index in [2.05, 4.69) is 39.1 Å². The van der Waals surface area contributed by atoms with Crippen LogP contribution in [-0.2, 0) is 9.53 Å². The number of ether oxygens (including phenoxy) is 1. The Kier molecular flexibility index (Phi) is 4.79. The minimum atomic E-state index is 0.00291. The molecule has 1 unspecified atom stereocenters. The standard InChI is InChI=1S/C14H23NO2/c1-9(2)6-12-7-13(15-11(5)16)8-17-14(12)10(3)4/h6,9,13H,7-8H2,1-5H3,(H,15,16)/b12-6-. The molecule has 3 heteroatoms. The van der Waals surface area contributed by atoms with Gasteiger partial charge in [0, 0.05) is 6.92 Å². The summed E-state index contributed by atoms with van der Waals surface area (Å²) >= 11 is 0. The molecule has 17 heavy (non-hydrogen) atoms. The van der Waals surface area contributed by atoms with Gasteiger partial charge >= 0.3 is 0 Å². The van der Waals surface area contributed by atoms with Crippen LogP contribution in [0.2, 0.25) is 0 Å². The lowest BCUT2D eigenvalue weighted by Gasteiger charge is -2.29. The molecule has 3 nitrogen and oxygen atoms in total. The SMILES string of the molecule is CC(=O)NC1COC(=C(C)C)/C(=C\C(C)C)C1. The molecule has 1 aliphatic heterocycles. The van der Waals surface area contributed by atoms with Crippen molar-refractivity contribution in [3.63, 3.8) is 0 Å². The molecule has 0 spiro atoms. The average molecular weight is 237 g/mol. The quantitative estimate of drug-likeness (QED) is 0.802. The van der Waals surface area contributed by atoms with Crippen molar-refractivity contribution in [3.05, 3.63) is 23.0 Å². The van der Waals surface area contributed by atoms with Crippen LogP contribution in [-0.4, -0.2) is 18.6 Å². The van der Waals surface area contributed by atoms with E-state index in [9.17, 15) is 4.79 Å². The Balaban J connectivity index is 2.85. The van der Waals surface area contributed by atoms with Crippen molar-refractivity contribution in [1.82, 2.24) is 5.32 Å². The Labute approximate surface area is 104 Å². The Morgan fingerprint density at radius 1 is 1.41 bits per heavy atom. The first-order chi connectivity index (χ1) is 7.90. The van der Waals surface area contributed by atoms with E-state index in [1.54, 1.807) is 6.92 Å². The molecule has 96 valence electrons. The molecule has 0 aromatic heterocycles. The summed E-state index contributed by atoms with van der Waals surface area (Å²) in [7, 11) is 0. The van der Waals surface area contributed by atoms with Gasteiger partial charge in [0.15, 0.2) is 0 Å². The van der Waals surface area contributed by atoms with Crippen molar-refractivity contribution < 1.29 is 9.53 Å². The molecular formula is C14H23NO2. The fourth-order valence-electron chi connectivity index (χ4n) is 2.09. The van der Waals surface area contributed by atoms with Gasteiger partial charge in [-0.15, -0.1) is 0 Å². The normalized spacial score (nSPS) is 22.6. The van der Waals surface area contributed by atoms with Gasteiger partial charge in [-0.2, -0.15) is 0 Å². The van der Waals surface area contributed by atoms with Gasteiger partial charge in [0.25, 0.3) is 0 Å². The summed E-state index contributed by atoms with van der Waals surface area (Å²) in [5.74, 6) is 1.49. The molecule has 1 aliphatic rings. The summed E-state index contributed by atoms with van der Waals surface area (Å²) < 4.78 is 5.76. The topological polar surface area (TPSA) is 38.3 Å². The molecule has 1 fully saturated rings. The number of rotatable bonds is 2. The highest BCUT2D eigenvalue weighted by Gasteiger charge is 2.23. The van der Waals surface area contributed by atoms with Crippen molar-refractivity contribution in [1.29, 1.82) is 0 Å². The third-order valence-corrected chi connectivity index (χ3v) is 2.58. The Morgan fingerprint density at radius 2 is 2.06 bits per heavy atom. The third-order valence-electron chi connectivity index (χ3n) is 2.58. The summed E-state index contributed by atoms with van der Waals surface area (Å²) in [6.45, 7) is 10.5. The highest BCUT2D eigenvalue weighted by Crippen LogP contribution is 2.27. The fourth-order valence-corrected chi connectivity index (χ4v) is 2.09. The van der Waals surface area contributed by atoms with Crippen LogP contribution in [0.15, 0.2) is 23.0 Å². The van der Waals surface area contributed by atoms with Crippen LogP contribution in [0.4, 0.5) is 0 Å². The molecule has 1 rings (SSSR count). The van der Waals surface area contributed by atoms with Crippen LogP contribution in [0.1, 0.15) is 41.0 Å². The summed E-state index contributed by atoms with van der Waals surface area (Å²) in [5, 5.41) is 2.92. The predicted octanol–water partition coefficient (Wildman–Crippen LogP) is 2.79. The maximum atomic E-state index is 11.1. The number of hydrogen-bond donors (Lipinski definition) is 1. The number of amides is 1. The number of nitrogens with one attached hydrogen (secondary N) is 1. The van der Waals surface area contributed by atoms with E-state index >= 15 is 0 Å². The van der Waals surface area contributed by atoms with E-state index in [1.165, 1.54) is 11.1 Å². The highest BCUT2D eigenvalue weighted by atomic mass is 16.5. The smallest absolute Gasteiger partial charge is 0.217 e. The van der Waals surface area contributed by atoms with Gasteiger partial charge in [0.1, 0.15) is 12.4 Å². The zero-order valence-electron chi connectivity index (χ0n) is 11.5. The number of carbonyl (C=O) groups excluding carboxylic acids is 1. The average Bonchev–Trinajstić information content (AvgIpc) is 2.15. The molecule has 0 aromatic rings. The summed E-state index contributed by atoms with van der Waals surface area (Å²) in [6.07, 6.45) is 3.08. The summed E-state index contributed by atoms with van der Waals surface area (Å²) in [6, 6.07) is 0.0978. The monoisotopic (exact) mass is 237 g/mol. The first kappa shape index (κ1) is 13.8. The zero-order chi connectivity index (χ0) is 13.0. The van der Waals surface area contributed by atoms with E-state index in [0.717, 1.165) is 12.2 Å². The number of hydrogen-bond acceptors (Lipinski definition) is 2. The van der Waals surface area contributed by atoms with E-state index in [0.29, 0.717) is 12.5 Å². The van der Waals surface area contributed by atoms with E-state index in [1.807, 2.05) is 0 Å². The molecule has 1 atom stereocenters. The maximum absolute atomic E-state index is 11.1. The van der Waals surface area contributed by atoms with Crippen molar-refractivity contribution >= 4 is 5.91 Å². The third kappa shape index (κ3) is 4.25. The summed E-state index contributed by atoms with van der Waals surface area (Å²) in [4.78, 5) is 11.1. The van der Waals surface area contributed by atoms with Gasteiger partial charge in [-0.05, 0) is 37.3 Å². The number of carbonyl (C=O) groups is 1. The second kappa shape index (κ2) is 5.89. The van der Waals surface area contributed by atoms with Crippen molar-refractivity contribution in [2.75, 3.05) is 6.61 Å². The Hall–Kier alpha value is -1.25. The van der Waals surface area contributed by atoms with Crippen LogP contribution in [0, 0.1) is 5.92 Å². The van der Waals surface area contributed by atoms with Crippen LogP contribution in [0.25, 0.3) is 0 Å². The van der Waals surface area contributed by atoms with E-state index in [4.69, 9.17) is 4.74 Å². The van der Waals surface area contributed by atoms with Crippen LogP contribution < -0.4 is 5.32 Å². The van der Waals surface area contributed by atoms with Gasteiger partial charge < -0.3 is 10.1 Å². The Morgan fingerprint density at radius 3 is 2.53 bits per heavy atom. The largest absolute Gasteiger partial charge is 0.491 e. The van der Waals surface area contributed by atoms with Crippen molar-refractivity contribution in [2.45, 2.75) is 47.1 Å². The van der Waals surface area contributed by atoms with Crippen molar-refractivity contribution in [2.24, 2.45) is 5.92 Å². The Bertz CT molecular complexity index is 349. The van der Waals surface area contributed by atoms with Crippen molar-refractivity contribution in [3.8, 4) is 0 Å². The summed E-state index contributed by atoms with van der Waals surface area (Å²) in [5.41, 5.74) is 2.41. The first-order valence-electron chi connectivity index (χ1n) is 6.18. The highest BCUT2D eigenvalue weighted by molar-refractivity contribution is 5.73. The maximum Gasteiger partial charge on any atom is 0.217 e. The molecule has 0 bridgehead atoms. The molecule has 0 aliphatic carbocycles. The van der Waals surface area contributed by atoms with Gasteiger partial charge in [-0.1, -0.05) is 19.9 Å². The fraction of sp³-hybridized carbons (Fsp3) is 0.643. The molecule has 0 radical (unpaired) electrons. The van der Waals surface area contributed by atoms with E-state index in [-0.39, 0.29) is 11.9 Å². The van der Waals surface area contributed by atoms with Crippen LogP contribution >= 0.6 is 0 Å². The van der Waals surface area contributed by atoms with Gasteiger partial charge in [0.05, 0.1) is 6.04 Å². The van der Waals surface area contributed by atoms with Gasteiger partial charge in [-0.3, -0.25) is 4.79 Å². The second-order valence-corrected chi connectivity index (χ2v) is 5.18. The minimum absolute atomic E-state index is 0.00291. The molecule has 1 saturated heterocycles. The van der Waals surface area contributed by atoms with Crippen LogP contribution in [0.3, 0.4) is 0 Å². The lowest BCUT2D eigenvalue weighted by Crippen LogP contribution is -2.39. The molecule has 1 N–H and O–H groups in total. The lowest BCUT2D eigenvalue weighted by atomic mass is 9.96. The second-order valence-electron chi connectivity index (χ2n) is 5.18. The van der Waals surface area contributed by atoms with Gasteiger partial charge in [-0.25, -0.2) is 0 Å². The molecule has 0 saturated carbocycles. The molecule has 1 amide bonds. The molecule has 0 aromatic carbocycles. The lowest BCUT2D eigenvalue weighted by molar-refractivity contribution is -0.120. The van der Waals surface area contributed by atoms with Crippen LogP contribution in [0.5, 0.6) is 0 Å². The molecular weight excluding hydrogens is 214 g/mol. The predicted molar refractivity (Wildman–Crippen MR) is 69.5 cm³/mol.